The van der Waals surface area contributed by atoms with E-state index in [1.807, 2.05) is 36.4 Å². The van der Waals surface area contributed by atoms with Gasteiger partial charge in [-0.05, 0) is 40.1 Å². The molecule has 0 aliphatic rings. The number of allylic oxidation sites excluding steroid dienone is 1. The summed E-state index contributed by atoms with van der Waals surface area (Å²) in [5, 5.41) is 11.7. The smallest absolute Gasteiger partial charge is 0.178 e. The van der Waals surface area contributed by atoms with Crippen molar-refractivity contribution in [1.29, 1.82) is 5.26 Å². The molecule has 0 saturated carbocycles. The van der Waals surface area contributed by atoms with Gasteiger partial charge >= 0.3 is 0 Å². The van der Waals surface area contributed by atoms with Crippen LogP contribution in [-0.2, 0) is 11.4 Å². The third-order valence-corrected chi connectivity index (χ3v) is 4.81. The average Bonchev–Trinajstić information content (AvgIpc) is 2.75. The van der Waals surface area contributed by atoms with Crippen molar-refractivity contribution in [1.82, 2.24) is 0 Å². The van der Waals surface area contributed by atoms with Gasteiger partial charge in [-0.3, -0.25) is 4.79 Å². The number of carbonyl (C=O) groups excluding carboxylic acids is 1. The van der Waals surface area contributed by atoms with Crippen LogP contribution in [0.4, 0.5) is 0 Å². The zero-order valence-corrected chi connectivity index (χ0v) is 17.7. The van der Waals surface area contributed by atoms with E-state index in [1.54, 1.807) is 46.1 Å². The van der Waals surface area contributed by atoms with Crippen LogP contribution < -0.4 is 9.47 Å². The molecule has 0 amide bonds. The Balaban J connectivity index is 1.85. The molecule has 30 heavy (non-hydrogen) atoms. The Hall–Kier alpha value is -3.58. The fourth-order valence-electron chi connectivity index (χ4n) is 3.19. The molecule has 0 aliphatic heterocycles. The maximum absolute atomic E-state index is 12.4. The number of nitriles is 1. The summed E-state index contributed by atoms with van der Waals surface area (Å²) in [6.07, 6.45) is 1.59. The Morgan fingerprint density at radius 1 is 1.03 bits per heavy atom. The van der Waals surface area contributed by atoms with Crippen LogP contribution in [0.2, 0.25) is 0 Å². The molecule has 0 saturated heterocycles. The van der Waals surface area contributed by atoms with Crippen molar-refractivity contribution in [2.45, 2.75) is 27.4 Å². The Morgan fingerprint density at radius 3 is 2.47 bits per heavy atom. The van der Waals surface area contributed by atoms with Gasteiger partial charge in [0, 0.05) is 5.41 Å². The summed E-state index contributed by atoms with van der Waals surface area (Å²) >= 11 is 0. The lowest BCUT2D eigenvalue weighted by atomic mass is 9.86. The number of ether oxygens (including phenoxy) is 2. The number of Topliss-reactive ketones (excluding diaryl/α,β-unsaturated/α-hetero) is 1. The molecule has 3 rings (SSSR count). The number of hydrogen-bond acceptors (Lipinski definition) is 4. The molecule has 4 nitrogen and oxygen atoms in total. The molecule has 0 spiro atoms. The highest BCUT2D eigenvalue weighted by Gasteiger charge is 2.25. The zero-order chi connectivity index (χ0) is 21.7. The van der Waals surface area contributed by atoms with E-state index in [2.05, 4.69) is 18.2 Å². The van der Waals surface area contributed by atoms with Gasteiger partial charge < -0.3 is 9.47 Å². The quantitative estimate of drug-likeness (QED) is 0.380. The fourth-order valence-corrected chi connectivity index (χ4v) is 3.19. The van der Waals surface area contributed by atoms with Crippen LogP contribution in [0, 0.1) is 16.7 Å². The molecule has 0 bridgehead atoms. The van der Waals surface area contributed by atoms with Crippen LogP contribution in [0.5, 0.6) is 11.5 Å². The highest BCUT2D eigenvalue weighted by molar-refractivity contribution is 6.06. The maximum atomic E-state index is 12.4. The average molecular weight is 399 g/mol. The molecule has 3 aromatic carbocycles. The number of carbonyl (C=O) groups is 1. The van der Waals surface area contributed by atoms with Crippen molar-refractivity contribution in [3.05, 3.63) is 77.4 Å². The van der Waals surface area contributed by atoms with E-state index in [4.69, 9.17) is 9.47 Å². The minimum absolute atomic E-state index is 0.119. The number of fused-ring (bicyclic) bond motifs is 1. The summed E-state index contributed by atoms with van der Waals surface area (Å²) in [4.78, 5) is 12.4. The fraction of sp³-hybridized carbons (Fsp3) is 0.231. The molecule has 0 radical (unpaired) electrons. The van der Waals surface area contributed by atoms with E-state index < -0.39 is 5.41 Å². The number of rotatable bonds is 6. The molecule has 0 aromatic heterocycles. The molecule has 0 fully saturated rings. The molecular weight excluding hydrogens is 374 g/mol. The van der Waals surface area contributed by atoms with Gasteiger partial charge in [-0.1, -0.05) is 69.3 Å². The summed E-state index contributed by atoms with van der Waals surface area (Å²) in [7, 11) is 1.57. The summed E-state index contributed by atoms with van der Waals surface area (Å²) in [6.45, 7) is 5.79. The van der Waals surface area contributed by atoms with Gasteiger partial charge in [-0.25, -0.2) is 0 Å². The third-order valence-electron chi connectivity index (χ3n) is 4.81. The number of methoxy groups -OCH3 is 1. The zero-order valence-electron chi connectivity index (χ0n) is 17.7. The van der Waals surface area contributed by atoms with Crippen LogP contribution in [-0.4, -0.2) is 12.9 Å². The third kappa shape index (κ3) is 4.69. The monoisotopic (exact) mass is 399 g/mol. The molecule has 0 atom stereocenters. The highest BCUT2D eigenvalue weighted by atomic mass is 16.5. The van der Waals surface area contributed by atoms with Crippen molar-refractivity contribution in [3.63, 3.8) is 0 Å². The van der Waals surface area contributed by atoms with Crippen LogP contribution in [0.15, 0.2) is 66.2 Å². The number of ketones is 1. The van der Waals surface area contributed by atoms with Crippen LogP contribution in [0.1, 0.15) is 31.9 Å². The number of nitrogens with zero attached hydrogens (tertiary/aromatic N) is 1. The Bertz CT molecular complexity index is 1140. The van der Waals surface area contributed by atoms with Gasteiger partial charge in [-0.15, -0.1) is 0 Å². The van der Waals surface area contributed by atoms with Gasteiger partial charge in [0.05, 0.1) is 12.7 Å². The van der Waals surface area contributed by atoms with Gasteiger partial charge in [-0.2, -0.15) is 5.26 Å². The molecule has 3 aromatic rings. The SMILES string of the molecule is COc1cc(C=C(C#N)C(=O)C(C)(C)C)ccc1OCc1cccc2ccccc12. The van der Waals surface area contributed by atoms with E-state index in [1.165, 1.54) is 5.39 Å². The van der Waals surface area contributed by atoms with Crippen molar-refractivity contribution in [2.24, 2.45) is 5.41 Å². The summed E-state index contributed by atoms with van der Waals surface area (Å²) < 4.78 is 11.5. The lowest BCUT2D eigenvalue weighted by Gasteiger charge is -2.16. The molecule has 0 N–H and O–H groups in total. The standard InChI is InChI=1S/C26H25NO3/c1-26(2,3)25(28)21(16-27)14-18-12-13-23(24(15-18)29-4)30-17-20-10-7-9-19-8-5-6-11-22(19)20/h5-15H,17H2,1-4H3. The summed E-state index contributed by atoms with van der Waals surface area (Å²) in [6, 6.07) is 21.7. The van der Waals surface area contributed by atoms with Gasteiger partial charge in [0.2, 0.25) is 0 Å². The molecule has 0 aliphatic carbocycles. The van der Waals surface area contributed by atoms with Gasteiger partial charge in [0.15, 0.2) is 17.3 Å². The predicted molar refractivity (Wildman–Crippen MR) is 119 cm³/mol. The van der Waals surface area contributed by atoms with E-state index in [0.717, 1.165) is 10.9 Å². The summed E-state index contributed by atoms with van der Waals surface area (Å²) in [5.74, 6) is 0.952. The first-order valence-corrected chi connectivity index (χ1v) is 9.77. The largest absolute Gasteiger partial charge is 0.493 e. The van der Waals surface area contributed by atoms with Gasteiger partial charge in [0.1, 0.15) is 12.7 Å². The normalized spacial score (nSPS) is 11.8. The van der Waals surface area contributed by atoms with E-state index in [0.29, 0.717) is 23.7 Å². The number of hydrogen-bond donors (Lipinski definition) is 0. The van der Waals surface area contributed by atoms with Crippen molar-refractivity contribution >= 4 is 22.6 Å². The van der Waals surface area contributed by atoms with Crippen LogP contribution >= 0.6 is 0 Å². The second-order valence-corrected chi connectivity index (χ2v) is 8.09. The van der Waals surface area contributed by atoms with Crippen molar-refractivity contribution < 1.29 is 14.3 Å². The first kappa shape index (κ1) is 21.1. The molecule has 0 heterocycles. The predicted octanol–water partition coefficient (Wildman–Crippen LogP) is 5.95. The minimum atomic E-state index is -0.618. The Labute approximate surface area is 177 Å². The summed E-state index contributed by atoms with van der Waals surface area (Å²) in [5.41, 5.74) is 1.29. The minimum Gasteiger partial charge on any atom is -0.493 e. The van der Waals surface area contributed by atoms with Crippen LogP contribution in [0.3, 0.4) is 0 Å². The van der Waals surface area contributed by atoms with Gasteiger partial charge in [0.25, 0.3) is 0 Å². The maximum Gasteiger partial charge on any atom is 0.178 e. The molecule has 4 heteroatoms. The molecule has 152 valence electrons. The molecular formula is C26H25NO3. The van der Waals surface area contributed by atoms with Crippen molar-refractivity contribution in [3.8, 4) is 17.6 Å². The second kappa shape index (κ2) is 8.84. The van der Waals surface area contributed by atoms with Crippen molar-refractivity contribution in [2.75, 3.05) is 7.11 Å². The van der Waals surface area contributed by atoms with E-state index >= 15 is 0 Å². The van der Waals surface area contributed by atoms with E-state index in [9.17, 15) is 10.1 Å². The highest BCUT2D eigenvalue weighted by Crippen LogP contribution is 2.31. The van der Waals surface area contributed by atoms with E-state index in [-0.39, 0.29) is 11.4 Å². The lowest BCUT2D eigenvalue weighted by Crippen LogP contribution is -2.21. The second-order valence-electron chi connectivity index (χ2n) is 8.09. The lowest BCUT2D eigenvalue weighted by molar-refractivity contribution is -0.121. The Kier molecular flexibility index (Phi) is 6.23. The topological polar surface area (TPSA) is 59.3 Å². The number of benzene rings is 3. The first-order chi connectivity index (χ1) is 14.3. The first-order valence-electron chi connectivity index (χ1n) is 9.77. The Morgan fingerprint density at radius 2 is 1.77 bits per heavy atom. The van der Waals surface area contributed by atoms with Crippen LogP contribution in [0.25, 0.3) is 16.8 Å². The molecule has 0 unspecified atom stereocenters.